The lowest BCUT2D eigenvalue weighted by atomic mass is 9.42. The van der Waals surface area contributed by atoms with Crippen LogP contribution < -0.4 is 0 Å². The summed E-state index contributed by atoms with van der Waals surface area (Å²) < 4.78 is 34.2. The lowest BCUT2D eigenvalue weighted by Gasteiger charge is -2.66. The van der Waals surface area contributed by atoms with Crippen molar-refractivity contribution in [3.05, 3.63) is 11.6 Å². The van der Waals surface area contributed by atoms with Gasteiger partial charge in [0.15, 0.2) is 12.6 Å². The van der Waals surface area contributed by atoms with Gasteiger partial charge in [0.2, 0.25) is 0 Å². The van der Waals surface area contributed by atoms with E-state index in [4.69, 9.17) is 28.4 Å². The zero-order valence-electron chi connectivity index (χ0n) is 29.4. The van der Waals surface area contributed by atoms with Gasteiger partial charge in [-0.25, -0.2) is 4.79 Å². The molecule has 7 aliphatic rings. The molecular weight excluding hydrogens is 656 g/mol. The first kappa shape index (κ1) is 37.1. The van der Waals surface area contributed by atoms with E-state index in [-0.39, 0.29) is 35.6 Å². The second kappa shape index (κ2) is 13.2. The highest BCUT2D eigenvalue weighted by molar-refractivity contribution is 5.85. The molecule has 0 radical (unpaired) electrons. The number of hydrogen-bond acceptors (Lipinski definition) is 14. The van der Waals surface area contributed by atoms with E-state index in [9.17, 15) is 40.5 Å². The van der Waals surface area contributed by atoms with Crippen LogP contribution >= 0.6 is 0 Å². The highest BCUT2D eigenvalue weighted by Crippen LogP contribution is 2.70. The Kier molecular flexibility index (Phi) is 9.81. The third-order valence-electron chi connectivity index (χ3n) is 14.6. The molecule has 4 aliphatic carbocycles. The molecule has 2 saturated heterocycles. The SMILES string of the molecule is CO[C@H]1[C@@H](O)[C@@H](C)OC(O[C@H]2[C@H](O)[C@@H](O)C(O[C@H]3CC[C@]4(C)[C@H]5CC[C@]6(C)[C@@H](C7=CC(=O)OC7)CC[C@]6(O)[C@@H]5CC[C@]4(O)C3)O[C@@H]2CO)[C@@H]1O. The summed E-state index contributed by atoms with van der Waals surface area (Å²) in [7, 11) is 1.33. The minimum absolute atomic E-state index is 0.00518. The van der Waals surface area contributed by atoms with Crippen molar-refractivity contribution < 1.29 is 69.0 Å². The summed E-state index contributed by atoms with van der Waals surface area (Å²) in [4.78, 5) is 11.9. The zero-order chi connectivity index (χ0) is 36.0. The molecule has 0 bridgehead atoms. The third-order valence-corrected chi connectivity index (χ3v) is 14.6. The molecule has 0 aromatic heterocycles. The van der Waals surface area contributed by atoms with Crippen molar-refractivity contribution in [1.82, 2.24) is 0 Å². The highest BCUT2D eigenvalue weighted by atomic mass is 16.7. The summed E-state index contributed by atoms with van der Waals surface area (Å²) in [5, 5.41) is 78.4. The summed E-state index contributed by atoms with van der Waals surface area (Å²) >= 11 is 0. The number of carbonyl (C=O) groups is 1. The fraction of sp³-hybridized carbons (Fsp3) is 0.917. The van der Waals surface area contributed by atoms with Crippen LogP contribution in [-0.2, 0) is 33.2 Å². The number of carbonyl (C=O) groups excluding carboxylic acids is 1. The van der Waals surface area contributed by atoms with Gasteiger partial charge in [-0.15, -0.1) is 0 Å². The van der Waals surface area contributed by atoms with Crippen LogP contribution in [0.4, 0.5) is 0 Å². The predicted octanol–water partition coefficient (Wildman–Crippen LogP) is 0.0493. The van der Waals surface area contributed by atoms with Gasteiger partial charge in [0.05, 0.1) is 30.0 Å². The molecule has 7 rings (SSSR count). The van der Waals surface area contributed by atoms with Crippen molar-refractivity contribution in [1.29, 1.82) is 0 Å². The molecule has 3 aliphatic heterocycles. The molecule has 50 heavy (non-hydrogen) atoms. The number of hydrogen-bond donors (Lipinski definition) is 7. The predicted molar refractivity (Wildman–Crippen MR) is 172 cm³/mol. The quantitative estimate of drug-likeness (QED) is 0.137. The summed E-state index contributed by atoms with van der Waals surface area (Å²) in [6.07, 6.45) is -5.86. The Bertz CT molecular complexity index is 1310. The van der Waals surface area contributed by atoms with Gasteiger partial charge in [-0.2, -0.15) is 0 Å². The van der Waals surface area contributed by atoms with Crippen LogP contribution in [0, 0.1) is 28.6 Å². The molecule has 18 atom stereocenters. The number of methoxy groups -OCH3 is 1. The van der Waals surface area contributed by atoms with Gasteiger partial charge >= 0.3 is 5.97 Å². The topological polar surface area (TPSA) is 214 Å². The van der Waals surface area contributed by atoms with E-state index in [0.717, 1.165) is 24.8 Å². The average Bonchev–Trinajstić information content (AvgIpc) is 3.63. The molecule has 4 saturated carbocycles. The number of aliphatic hydroxyl groups excluding tert-OH is 5. The maximum atomic E-state index is 12.5. The van der Waals surface area contributed by atoms with Crippen molar-refractivity contribution in [3.8, 4) is 0 Å². The minimum Gasteiger partial charge on any atom is -0.458 e. The Morgan fingerprint density at radius 1 is 0.820 bits per heavy atom. The van der Waals surface area contributed by atoms with E-state index in [0.29, 0.717) is 38.7 Å². The first-order valence-electron chi connectivity index (χ1n) is 18.4. The number of fused-ring (bicyclic) bond motifs is 5. The molecule has 0 spiro atoms. The van der Waals surface area contributed by atoms with Crippen LogP contribution in [0.5, 0.6) is 0 Å². The van der Waals surface area contributed by atoms with E-state index < -0.39 is 90.7 Å². The molecule has 284 valence electrons. The van der Waals surface area contributed by atoms with Gasteiger partial charge < -0.3 is 64.2 Å². The highest BCUT2D eigenvalue weighted by Gasteiger charge is 2.70. The second-order valence-electron chi connectivity index (χ2n) is 16.7. The van der Waals surface area contributed by atoms with Crippen molar-refractivity contribution in [2.45, 2.75) is 157 Å². The van der Waals surface area contributed by atoms with Crippen molar-refractivity contribution in [3.63, 3.8) is 0 Å². The Hall–Kier alpha value is -1.27. The molecule has 3 heterocycles. The Morgan fingerprint density at radius 2 is 1.52 bits per heavy atom. The maximum absolute atomic E-state index is 12.5. The average molecular weight is 713 g/mol. The second-order valence-corrected chi connectivity index (χ2v) is 16.7. The lowest BCUT2D eigenvalue weighted by Crippen LogP contribution is -2.68. The Labute approximate surface area is 292 Å². The molecule has 0 aromatic rings. The standard InChI is InChI=1S/C36H56O14/c1-17-25(39)30(45-4)28(42)32(47-17)50-29-23(15-37)49-31(27(41)26(29)40)48-19-5-9-33(2)21-6-10-34(3)20(18-13-24(38)46-16-18)8-12-36(34,44)22(21)7-11-35(33,43)14-19/h13,17,19-23,25-32,37,39-44H,5-12,14-16H2,1-4H3/t17-,19+,20-,21+,22-,23-,25+,26-,27-,28-,29-,30+,31?,32?,33-,34-,35+,36+/m1/s1. The van der Waals surface area contributed by atoms with Crippen LogP contribution in [0.3, 0.4) is 0 Å². The molecule has 7 N–H and O–H groups in total. The summed E-state index contributed by atoms with van der Waals surface area (Å²) in [5.74, 6) is -0.135. The van der Waals surface area contributed by atoms with Crippen LogP contribution in [0.2, 0.25) is 0 Å². The number of rotatable bonds is 7. The van der Waals surface area contributed by atoms with Gasteiger partial charge in [-0.05, 0) is 87.0 Å². The van der Waals surface area contributed by atoms with E-state index in [2.05, 4.69) is 13.8 Å². The van der Waals surface area contributed by atoms with Crippen LogP contribution in [-0.4, -0.2) is 141 Å². The first-order valence-corrected chi connectivity index (χ1v) is 18.4. The van der Waals surface area contributed by atoms with Gasteiger partial charge in [0, 0.05) is 25.0 Å². The minimum atomic E-state index is -1.59. The van der Waals surface area contributed by atoms with Gasteiger partial charge in [0.1, 0.15) is 49.3 Å². The molecule has 0 aromatic carbocycles. The number of aliphatic hydroxyl groups is 7. The number of esters is 1. The van der Waals surface area contributed by atoms with E-state index in [1.807, 2.05) is 0 Å². The first-order chi connectivity index (χ1) is 23.6. The molecule has 0 amide bonds. The van der Waals surface area contributed by atoms with E-state index in [1.54, 1.807) is 13.0 Å². The molecule has 2 unspecified atom stereocenters. The number of cyclic esters (lactones) is 1. The van der Waals surface area contributed by atoms with E-state index >= 15 is 0 Å². The smallest absolute Gasteiger partial charge is 0.331 e. The molecule has 14 nitrogen and oxygen atoms in total. The fourth-order valence-electron chi connectivity index (χ4n) is 11.5. The summed E-state index contributed by atoms with van der Waals surface area (Å²) in [6, 6.07) is 0. The summed E-state index contributed by atoms with van der Waals surface area (Å²) in [5.41, 5.74) is -1.90. The van der Waals surface area contributed by atoms with Gasteiger partial charge in [0.25, 0.3) is 0 Å². The largest absolute Gasteiger partial charge is 0.458 e. The lowest BCUT2D eigenvalue weighted by molar-refractivity contribution is -0.364. The monoisotopic (exact) mass is 712 g/mol. The molecule has 14 heteroatoms. The van der Waals surface area contributed by atoms with Crippen LogP contribution in [0.25, 0.3) is 0 Å². The van der Waals surface area contributed by atoms with Crippen molar-refractivity contribution in [2.75, 3.05) is 20.3 Å². The van der Waals surface area contributed by atoms with E-state index in [1.165, 1.54) is 7.11 Å². The Morgan fingerprint density at radius 3 is 2.20 bits per heavy atom. The molecule has 6 fully saturated rings. The normalized spacial score (nSPS) is 55.1. The summed E-state index contributed by atoms with van der Waals surface area (Å²) in [6.45, 7) is 5.59. The van der Waals surface area contributed by atoms with Crippen LogP contribution in [0.15, 0.2) is 11.6 Å². The number of ether oxygens (including phenoxy) is 6. The van der Waals surface area contributed by atoms with Crippen molar-refractivity contribution in [2.24, 2.45) is 28.6 Å². The maximum Gasteiger partial charge on any atom is 0.331 e. The van der Waals surface area contributed by atoms with Crippen molar-refractivity contribution >= 4 is 5.97 Å². The molecular formula is C36H56O14. The van der Waals surface area contributed by atoms with Gasteiger partial charge in [-0.3, -0.25) is 0 Å². The zero-order valence-corrected chi connectivity index (χ0v) is 29.4. The third kappa shape index (κ3) is 5.55. The van der Waals surface area contributed by atoms with Crippen LogP contribution in [0.1, 0.15) is 78.6 Å². The Balaban J connectivity index is 1.01. The fourth-order valence-corrected chi connectivity index (χ4v) is 11.5. The van der Waals surface area contributed by atoms with Gasteiger partial charge in [-0.1, -0.05) is 13.8 Å².